The van der Waals surface area contributed by atoms with E-state index in [-0.39, 0.29) is 30.9 Å². The number of halogens is 3. The second-order valence-electron chi connectivity index (χ2n) is 8.08. The van der Waals surface area contributed by atoms with E-state index in [9.17, 15) is 22.8 Å². The van der Waals surface area contributed by atoms with Crippen molar-refractivity contribution in [2.24, 2.45) is 0 Å². The second kappa shape index (κ2) is 10.5. The van der Waals surface area contributed by atoms with E-state index in [1.807, 2.05) is 37.1 Å². The topological polar surface area (TPSA) is 71.5 Å². The van der Waals surface area contributed by atoms with E-state index in [4.69, 9.17) is 4.74 Å². The largest absolute Gasteiger partial charge is 0.464 e. The van der Waals surface area contributed by atoms with Gasteiger partial charge in [0.1, 0.15) is 12.4 Å². The summed E-state index contributed by atoms with van der Waals surface area (Å²) in [6.07, 6.45) is -3.90. The first kappa shape index (κ1) is 25.0. The predicted octanol–water partition coefficient (Wildman–Crippen LogP) is 5.21. The Bertz CT molecular complexity index is 1160. The molecular weight excluding hydrogens is 447 g/mol. The summed E-state index contributed by atoms with van der Waals surface area (Å²) in [5, 5.41) is 3.66. The van der Waals surface area contributed by atoms with E-state index in [2.05, 4.69) is 10.3 Å². The minimum Gasteiger partial charge on any atom is -0.464 e. The Morgan fingerprint density at radius 3 is 2.44 bits per heavy atom. The number of aryl methyl sites for hydroxylation is 1. The lowest BCUT2D eigenvalue weighted by Crippen LogP contribution is -2.34. The van der Waals surface area contributed by atoms with Gasteiger partial charge in [-0.05, 0) is 61.4 Å². The monoisotopic (exact) mass is 473 g/mol. The summed E-state index contributed by atoms with van der Waals surface area (Å²) in [6.45, 7) is 3.55. The maximum Gasteiger partial charge on any atom is 0.416 e. The normalized spacial score (nSPS) is 12.3. The van der Waals surface area contributed by atoms with Crippen molar-refractivity contribution < 1.29 is 27.5 Å². The number of rotatable bonds is 8. The van der Waals surface area contributed by atoms with E-state index in [1.54, 1.807) is 12.1 Å². The Morgan fingerprint density at radius 2 is 1.79 bits per heavy atom. The van der Waals surface area contributed by atoms with Gasteiger partial charge in [-0.1, -0.05) is 12.1 Å². The highest BCUT2D eigenvalue weighted by Gasteiger charge is 2.29. The molecule has 1 aromatic heterocycles. The second-order valence-corrected chi connectivity index (χ2v) is 8.08. The number of amides is 1. The van der Waals surface area contributed by atoms with Gasteiger partial charge in [-0.25, -0.2) is 4.98 Å². The molecule has 9 heteroatoms. The van der Waals surface area contributed by atoms with Gasteiger partial charge in [0.2, 0.25) is 5.91 Å². The number of esters is 1. The molecule has 1 atom stereocenters. The Morgan fingerprint density at radius 1 is 1.09 bits per heavy atom. The van der Waals surface area contributed by atoms with Crippen LogP contribution in [0.2, 0.25) is 0 Å². The van der Waals surface area contributed by atoms with Gasteiger partial charge in [0.15, 0.2) is 0 Å². The first-order valence-corrected chi connectivity index (χ1v) is 10.8. The van der Waals surface area contributed by atoms with Gasteiger partial charge in [0.05, 0.1) is 17.1 Å². The van der Waals surface area contributed by atoms with Crippen LogP contribution in [-0.2, 0) is 26.9 Å². The molecule has 1 N–H and O–H groups in total. The molecule has 6 nitrogen and oxygen atoms in total. The molecule has 3 aromatic rings. The van der Waals surface area contributed by atoms with Gasteiger partial charge >= 0.3 is 12.1 Å². The maximum atomic E-state index is 12.7. The highest BCUT2D eigenvalue weighted by atomic mass is 19.4. The minimum atomic E-state index is -4.38. The van der Waals surface area contributed by atoms with Crippen LogP contribution in [0.25, 0.3) is 10.9 Å². The number of hydrogen-bond donors (Lipinski definition) is 1. The first-order chi connectivity index (χ1) is 16.0. The molecule has 1 heterocycles. The van der Waals surface area contributed by atoms with Crippen molar-refractivity contribution in [2.75, 3.05) is 23.9 Å². The van der Waals surface area contributed by atoms with Crippen LogP contribution in [0.1, 0.15) is 31.4 Å². The standard InChI is InChI=1S/C25H26F3N3O3/c1-16(15-34-17(2)32)31(3)23-12-7-19-14-21(10-11-22(19)30-23)29-24(33)13-6-18-4-8-20(9-5-18)25(26,27)28/h4-5,7-12,14,16H,6,13,15H2,1-3H3,(H,29,33)/t16-/m0/s1. The molecule has 0 saturated heterocycles. The summed E-state index contributed by atoms with van der Waals surface area (Å²) < 4.78 is 43.0. The number of pyridine rings is 1. The van der Waals surface area contributed by atoms with Crippen molar-refractivity contribution in [3.8, 4) is 0 Å². The molecule has 0 radical (unpaired) electrons. The number of carbonyl (C=O) groups is 2. The highest BCUT2D eigenvalue weighted by Crippen LogP contribution is 2.29. The summed E-state index contributed by atoms with van der Waals surface area (Å²) in [5.74, 6) is 0.156. The lowest BCUT2D eigenvalue weighted by molar-refractivity contribution is -0.141. The molecule has 0 aliphatic heterocycles. The highest BCUT2D eigenvalue weighted by molar-refractivity contribution is 5.94. The summed E-state index contributed by atoms with van der Waals surface area (Å²) >= 11 is 0. The Hall–Kier alpha value is -3.62. The third kappa shape index (κ3) is 6.69. The molecule has 3 rings (SSSR count). The number of nitrogens with one attached hydrogen (secondary N) is 1. The van der Waals surface area contributed by atoms with Gasteiger partial charge < -0.3 is 15.0 Å². The van der Waals surface area contributed by atoms with Crippen molar-refractivity contribution in [3.05, 3.63) is 65.7 Å². The number of nitrogens with zero attached hydrogens (tertiary/aromatic N) is 2. The molecule has 2 aromatic carbocycles. The Balaban J connectivity index is 1.59. The lowest BCUT2D eigenvalue weighted by Gasteiger charge is -2.25. The van der Waals surface area contributed by atoms with Crippen molar-refractivity contribution in [3.63, 3.8) is 0 Å². The van der Waals surface area contributed by atoms with Gasteiger partial charge in [-0.15, -0.1) is 0 Å². The Labute approximate surface area is 195 Å². The zero-order chi connectivity index (χ0) is 24.9. The molecule has 0 aliphatic rings. The van der Waals surface area contributed by atoms with E-state index < -0.39 is 11.7 Å². The Kier molecular flexibility index (Phi) is 7.75. The van der Waals surface area contributed by atoms with Crippen LogP contribution in [-0.4, -0.2) is 36.6 Å². The fourth-order valence-corrected chi connectivity index (χ4v) is 3.31. The number of alkyl halides is 3. The van der Waals surface area contributed by atoms with Crippen molar-refractivity contribution in [2.45, 2.75) is 38.9 Å². The fraction of sp³-hybridized carbons (Fsp3) is 0.320. The van der Waals surface area contributed by atoms with Crippen LogP contribution in [0.5, 0.6) is 0 Å². The van der Waals surface area contributed by atoms with Crippen molar-refractivity contribution >= 4 is 34.3 Å². The van der Waals surface area contributed by atoms with E-state index >= 15 is 0 Å². The molecule has 0 aliphatic carbocycles. The molecule has 0 bridgehead atoms. The number of benzene rings is 2. The number of aromatic nitrogens is 1. The number of likely N-dealkylation sites (N-methyl/N-ethyl adjacent to an activating group) is 1. The number of hydrogen-bond acceptors (Lipinski definition) is 5. The molecular formula is C25H26F3N3O3. The average Bonchev–Trinajstić information content (AvgIpc) is 2.80. The van der Waals surface area contributed by atoms with Crippen LogP contribution < -0.4 is 10.2 Å². The van der Waals surface area contributed by atoms with Crippen LogP contribution in [0, 0.1) is 0 Å². The van der Waals surface area contributed by atoms with Crippen LogP contribution in [0.4, 0.5) is 24.7 Å². The van der Waals surface area contributed by atoms with Crippen molar-refractivity contribution in [1.82, 2.24) is 4.98 Å². The van der Waals surface area contributed by atoms with E-state index in [1.165, 1.54) is 19.1 Å². The SMILES string of the molecule is CC(=O)OC[C@H](C)N(C)c1ccc2cc(NC(=O)CCc3ccc(C(F)(F)F)cc3)ccc2n1. The fourth-order valence-electron chi connectivity index (χ4n) is 3.31. The quantitative estimate of drug-likeness (QED) is 0.455. The first-order valence-electron chi connectivity index (χ1n) is 10.8. The number of ether oxygens (including phenoxy) is 1. The van der Waals surface area contributed by atoms with Gasteiger partial charge in [-0.2, -0.15) is 13.2 Å². The van der Waals surface area contributed by atoms with Crippen molar-refractivity contribution in [1.29, 1.82) is 0 Å². The smallest absolute Gasteiger partial charge is 0.416 e. The average molecular weight is 473 g/mol. The van der Waals surface area contributed by atoms with E-state index in [0.717, 1.165) is 28.9 Å². The number of carbonyl (C=O) groups excluding carboxylic acids is 2. The van der Waals surface area contributed by atoms with Crippen LogP contribution >= 0.6 is 0 Å². The third-order valence-corrected chi connectivity index (χ3v) is 5.43. The number of fused-ring (bicyclic) bond motifs is 1. The zero-order valence-electron chi connectivity index (χ0n) is 19.1. The zero-order valence-corrected chi connectivity index (χ0v) is 19.1. The molecule has 34 heavy (non-hydrogen) atoms. The molecule has 0 unspecified atom stereocenters. The lowest BCUT2D eigenvalue weighted by atomic mass is 10.1. The molecule has 0 fully saturated rings. The van der Waals surface area contributed by atoms with Gasteiger partial charge in [0.25, 0.3) is 0 Å². The number of anilines is 2. The van der Waals surface area contributed by atoms with Crippen LogP contribution in [0.3, 0.4) is 0 Å². The molecule has 180 valence electrons. The van der Waals surface area contributed by atoms with E-state index in [0.29, 0.717) is 17.7 Å². The minimum absolute atomic E-state index is 0.0583. The summed E-state index contributed by atoms with van der Waals surface area (Å²) in [6, 6.07) is 13.9. The van der Waals surface area contributed by atoms with Gasteiger partial charge in [0, 0.05) is 31.5 Å². The summed E-state index contributed by atoms with van der Waals surface area (Å²) in [5.41, 5.74) is 1.30. The van der Waals surface area contributed by atoms with Gasteiger partial charge in [-0.3, -0.25) is 9.59 Å². The maximum absolute atomic E-state index is 12.7. The van der Waals surface area contributed by atoms with Crippen LogP contribution in [0.15, 0.2) is 54.6 Å². The summed E-state index contributed by atoms with van der Waals surface area (Å²) in [7, 11) is 1.87. The molecule has 0 spiro atoms. The molecule has 1 amide bonds. The predicted molar refractivity (Wildman–Crippen MR) is 125 cm³/mol. The third-order valence-electron chi connectivity index (χ3n) is 5.43. The molecule has 0 saturated carbocycles. The summed E-state index contributed by atoms with van der Waals surface area (Å²) in [4.78, 5) is 29.9.